The van der Waals surface area contributed by atoms with Crippen LogP contribution in [0.5, 0.6) is 5.75 Å². The number of fused-ring (bicyclic) bond motifs is 1. The molecule has 1 N–H and O–H groups in total. The van der Waals surface area contributed by atoms with Crippen molar-refractivity contribution >= 4 is 0 Å². The Kier molecular flexibility index (Phi) is 3.64. The molecule has 0 saturated carbocycles. The van der Waals surface area contributed by atoms with Crippen LogP contribution in [-0.4, -0.2) is 31.0 Å². The van der Waals surface area contributed by atoms with E-state index in [-0.39, 0.29) is 0 Å². The lowest BCUT2D eigenvalue weighted by Crippen LogP contribution is -2.55. The standard InChI is InChI=1S/C17H21NO3/c1-20-15-4-3-13-5-7-17(19,10-14(13)9-15)16(11-18)6-2-8-21-12-16/h3-4,9,19H,2,5-8,10,12H2,1H3. The first-order valence-corrected chi connectivity index (χ1v) is 7.50. The Morgan fingerprint density at radius 2 is 2.19 bits per heavy atom. The second kappa shape index (κ2) is 5.32. The lowest BCUT2D eigenvalue weighted by atomic mass is 9.62. The number of hydrogen-bond acceptors (Lipinski definition) is 4. The van der Waals surface area contributed by atoms with E-state index in [1.807, 2.05) is 12.1 Å². The molecule has 1 fully saturated rings. The molecule has 1 heterocycles. The van der Waals surface area contributed by atoms with Crippen molar-refractivity contribution in [2.45, 2.75) is 37.7 Å². The minimum absolute atomic E-state index is 0.333. The predicted octanol–water partition coefficient (Wildman–Crippen LogP) is 2.24. The summed E-state index contributed by atoms with van der Waals surface area (Å²) < 4.78 is 10.8. The molecule has 0 spiro atoms. The van der Waals surface area contributed by atoms with Crippen LogP contribution in [0.15, 0.2) is 18.2 Å². The number of methoxy groups -OCH3 is 1. The number of nitrogens with zero attached hydrogens (tertiary/aromatic N) is 1. The third-order valence-corrected chi connectivity index (χ3v) is 5.05. The number of hydrogen-bond donors (Lipinski definition) is 1. The number of aliphatic hydroxyl groups is 1. The summed E-state index contributed by atoms with van der Waals surface area (Å²) in [5.74, 6) is 0.795. The van der Waals surface area contributed by atoms with Gasteiger partial charge in [-0.05, 0) is 48.9 Å². The molecule has 4 nitrogen and oxygen atoms in total. The van der Waals surface area contributed by atoms with Gasteiger partial charge in [0.05, 0.1) is 25.4 Å². The van der Waals surface area contributed by atoms with Crippen molar-refractivity contribution < 1.29 is 14.6 Å². The Bertz CT molecular complexity index is 572. The summed E-state index contributed by atoms with van der Waals surface area (Å²) >= 11 is 0. The van der Waals surface area contributed by atoms with Crippen molar-refractivity contribution in [1.82, 2.24) is 0 Å². The second-order valence-electron chi connectivity index (χ2n) is 6.19. The van der Waals surface area contributed by atoms with Crippen LogP contribution >= 0.6 is 0 Å². The van der Waals surface area contributed by atoms with E-state index in [4.69, 9.17) is 9.47 Å². The number of aryl methyl sites for hydroxylation is 1. The molecule has 1 aromatic carbocycles. The Morgan fingerprint density at radius 3 is 2.86 bits per heavy atom. The van der Waals surface area contributed by atoms with Crippen molar-refractivity contribution in [3.05, 3.63) is 29.3 Å². The molecule has 1 aromatic rings. The summed E-state index contributed by atoms with van der Waals surface area (Å²) in [7, 11) is 1.64. The molecule has 1 aliphatic carbocycles. The van der Waals surface area contributed by atoms with Crippen molar-refractivity contribution in [3.63, 3.8) is 0 Å². The van der Waals surface area contributed by atoms with Gasteiger partial charge >= 0.3 is 0 Å². The molecule has 3 rings (SSSR count). The van der Waals surface area contributed by atoms with Crippen LogP contribution in [0.4, 0.5) is 0 Å². The summed E-state index contributed by atoms with van der Waals surface area (Å²) in [4.78, 5) is 0. The summed E-state index contributed by atoms with van der Waals surface area (Å²) in [6, 6.07) is 8.37. The SMILES string of the molecule is COc1ccc2c(c1)CC(O)(C1(C#N)CCCOC1)CC2. The lowest BCUT2D eigenvalue weighted by molar-refractivity contribution is -0.124. The van der Waals surface area contributed by atoms with Gasteiger partial charge in [-0.1, -0.05) is 6.07 Å². The van der Waals surface area contributed by atoms with E-state index in [1.54, 1.807) is 7.11 Å². The van der Waals surface area contributed by atoms with Gasteiger partial charge < -0.3 is 14.6 Å². The summed E-state index contributed by atoms with van der Waals surface area (Å²) in [6.45, 7) is 1.02. The first-order chi connectivity index (χ1) is 10.1. The largest absolute Gasteiger partial charge is 0.497 e. The van der Waals surface area contributed by atoms with Gasteiger partial charge in [-0.15, -0.1) is 0 Å². The van der Waals surface area contributed by atoms with Gasteiger partial charge in [0.1, 0.15) is 11.2 Å². The highest BCUT2D eigenvalue weighted by atomic mass is 16.5. The first kappa shape index (κ1) is 14.4. The van der Waals surface area contributed by atoms with Gasteiger partial charge in [-0.3, -0.25) is 0 Å². The fourth-order valence-electron chi connectivity index (χ4n) is 3.64. The van der Waals surface area contributed by atoms with Crippen LogP contribution in [0, 0.1) is 16.7 Å². The Balaban J connectivity index is 1.94. The molecule has 21 heavy (non-hydrogen) atoms. The average Bonchev–Trinajstić information content (AvgIpc) is 2.54. The molecular formula is C17H21NO3. The fourth-order valence-corrected chi connectivity index (χ4v) is 3.64. The number of ether oxygens (including phenoxy) is 2. The van der Waals surface area contributed by atoms with Gasteiger partial charge in [0.2, 0.25) is 0 Å². The zero-order valence-electron chi connectivity index (χ0n) is 12.4. The normalized spacial score (nSPS) is 32.0. The minimum Gasteiger partial charge on any atom is -0.497 e. The monoisotopic (exact) mass is 287 g/mol. The van der Waals surface area contributed by atoms with E-state index in [9.17, 15) is 10.4 Å². The maximum atomic E-state index is 11.2. The number of benzene rings is 1. The van der Waals surface area contributed by atoms with Crippen molar-refractivity contribution in [1.29, 1.82) is 5.26 Å². The molecule has 0 amide bonds. The highest BCUT2D eigenvalue weighted by molar-refractivity contribution is 5.39. The van der Waals surface area contributed by atoms with Crippen molar-refractivity contribution in [3.8, 4) is 11.8 Å². The molecule has 0 bridgehead atoms. The molecule has 2 unspecified atom stereocenters. The molecular weight excluding hydrogens is 266 g/mol. The maximum absolute atomic E-state index is 11.2. The molecule has 1 aliphatic heterocycles. The Labute approximate surface area is 125 Å². The van der Waals surface area contributed by atoms with Crippen molar-refractivity contribution in [2.24, 2.45) is 5.41 Å². The molecule has 2 atom stereocenters. The highest BCUT2D eigenvalue weighted by Gasteiger charge is 2.53. The summed E-state index contributed by atoms with van der Waals surface area (Å²) in [5, 5.41) is 20.9. The number of nitriles is 1. The van der Waals surface area contributed by atoms with E-state index in [1.165, 1.54) is 5.56 Å². The molecule has 112 valence electrons. The molecule has 2 aliphatic rings. The van der Waals surface area contributed by atoms with Crippen LogP contribution in [0.3, 0.4) is 0 Å². The molecule has 0 aromatic heterocycles. The van der Waals surface area contributed by atoms with Gasteiger partial charge in [0.15, 0.2) is 0 Å². The van der Waals surface area contributed by atoms with Crippen LogP contribution in [0.2, 0.25) is 0 Å². The van der Waals surface area contributed by atoms with E-state index in [0.717, 1.165) is 24.2 Å². The van der Waals surface area contributed by atoms with E-state index >= 15 is 0 Å². The second-order valence-corrected chi connectivity index (χ2v) is 6.19. The summed E-state index contributed by atoms with van der Waals surface area (Å²) in [6.07, 6.45) is 3.44. The van der Waals surface area contributed by atoms with Crippen LogP contribution < -0.4 is 4.74 Å². The van der Waals surface area contributed by atoms with E-state index < -0.39 is 11.0 Å². The van der Waals surface area contributed by atoms with Crippen molar-refractivity contribution in [2.75, 3.05) is 20.3 Å². The topological polar surface area (TPSA) is 62.5 Å². The van der Waals surface area contributed by atoms with Gasteiger partial charge in [-0.2, -0.15) is 5.26 Å². The smallest absolute Gasteiger partial charge is 0.119 e. The zero-order valence-corrected chi connectivity index (χ0v) is 12.4. The Hall–Kier alpha value is -1.57. The minimum atomic E-state index is -1.01. The molecule has 4 heteroatoms. The third kappa shape index (κ3) is 2.31. The van der Waals surface area contributed by atoms with E-state index in [2.05, 4.69) is 12.1 Å². The Morgan fingerprint density at radius 1 is 1.33 bits per heavy atom. The van der Waals surface area contributed by atoms with Crippen LogP contribution in [0.1, 0.15) is 30.4 Å². The maximum Gasteiger partial charge on any atom is 0.119 e. The van der Waals surface area contributed by atoms with Gasteiger partial charge in [0, 0.05) is 13.0 Å². The van der Waals surface area contributed by atoms with Gasteiger partial charge in [-0.25, -0.2) is 0 Å². The first-order valence-electron chi connectivity index (χ1n) is 7.50. The zero-order chi connectivity index (χ0) is 14.9. The average molecular weight is 287 g/mol. The summed E-state index contributed by atoms with van der Waals surface area (Å²) in [5.41, 5.74) is 0.529. The van der Waals surface area contributed by atoms with Gasteiger partial charge in [0.25, 0.3) is 0 Å². The molecule has 1 saturated heterocycles. The van der Waals surface area contributed by atoms with Crippen LogP contribution in [-0.2, 0) is 17.6 Å². The van der Waals surface area contributed by atoms with Crippen LogP contribution in [0.25, 0.3) is 0 Å². The van der Waals surface area contributed by atoms with E-state index in [0.29, 0.717) is 32.5 Å². The quantitative estimate of drug-likeness (QED) is 0.906. The predicted molar refractivity (Wildman–Crippen MR) is 78.1 cm³/mol. The fraction of sp³-hybridized carbons (Fsp3) is 0.588. The number of rotatable bonds is 2. The molecule has 0 radical (unpaired) electrons. The third-order valence-electron chi connectivity index (χ3n) is 5.05. The highest BCUT2D eigenvalue weighted by Crippen LogP contribution is 2.46. The lowest BCUT2D eigenvalue weighted by Gasteiger charge is -2.47.